The van der Waals surface area contributed by atoms with Crippen molar-refractivity contribution in [3.05, 3.63) is 48.8 Å². The van der Waals surface area contributed by atoms with E-state index in [9.17, 15) is 0 Å². The molecule has 0 aliphatic carbocycles. The van der Waals surface area contributed by atoms with Crippen LogP contribution in [0.25, 0.3) is 21.8 Å². The van der Waals surface area contributed by atoms with Crippen molar-refractivity contribution in [1.29, 1.82) is 0 Å². The molecular formula is C12H9N2O2V-3. The predicted octanol–water partition coefficient (Wildman–Crippen LogP) is 2.48. The first-order valence-corrected chi connectivity index (χ1v) is 4.53. The van der Waals surface area contributed by atoms with Crippen LogP contribution in [0, 0.1) is 0 Å². The van der Waals surface area contributed by atoms with Crippen molar-refractivity contribution in [2.45, 2.75) is 0 Å². The molecule has 4 nitrogen and oxygen atoms in total. The summed E-state index contributed by atoms with van der Waals surface area (Å²) in [6, 6.07) is 12.1. The van der Waals surface area contributed by atoms with Crippen LogP contribution in [-0.2, 0) is 24.0 Å². The van der Waals surface area contributed by atoms with Gasteiger partial charge in [-0.05, 0) is 12.1 Å². The summed E-state index contributed by atoms with van der Waals surface area (Å²) in [5, 5.41) is 2.28. The maximum atomic E-state index is 4.35. The maximum absolute atomic E-state index is 4.35. The van der Waals surface area contributed by atoms with Crippen LogP contribution in [0.4, 0.5) is 0 Å². The molecule has 1 N–H and O–H groups in total. The Hall–Kier alpha value is -1.46. The van der Waals surface area contributed by atoms with Crippen molar-refractivity contribution in [3.63, 3.8) is 0 Å². The third-order valence-corrected chi connectivity index (χ3v) is 2.34. The Morgan fingerprint density at radius 1 is 0.706 bits per heavy atom. The van der Waals surface area contributed by atoms with Crippen molar-refractivity contribution >= 4 is 21.8 Å². The average molecular weight is 264 g/mol. The first-order chi connectivity index (χ1) is 6.95. The van der Waals surface area contributed by atoms with Crippen LogP contribution in [0.1, 0.15) is 0 Å². The number of rotatable bonds is 0. The van der Waals surface area contributed by atoms with Crippen molar-refractivity contribution in [3.8, 4) is 0 Å². The van der Waals surface area contributed by atoms with Crippen LogP contribution in [0.3, 0.4) is 0 Å². The van der Waals surface area contributed by atoms with Crippen LogP contribution < -0.4 is 0 Å². The molecule has 0 amide bonds. The number of nitrogens with zero attached hydrogens (tertiary/aromatic N) is 2. The van der Waals surface area contributed by atoms with E-state index in [1.165, 1.54) is 0 Å². The molecule has 0 bridgehead atoms. The number of aromatic nitrogens is 2. The van der Waals surface area contributed by atoms with E-state index in [1.807, 2.05) is 12.1 Å². The second kappa shape index (κ2) is 6.32. The van der Waals surface area contributed by atoms with E-state index < -0.39 is 0 Å². The molecule has 87 valence electrons. The molecule has 5 heteroatoms. The molecule has 0 saturated heterocycles. The summed E-state index contributed by atoms with van der Waals surface area (Å²) >= 11 is 0. The SMILES string of the molecule is [O-2].[OH-].[V].c1cnc2c(c1)ccc1cccnc12. The Balaban J connectivity index is 0.000000853. The number of pyridine rings is 2. The molecule has 3 rings (SSSR count). The molecule has 0 fully saturated rings. The number of benzene rings is 1. The molecule has 0 aliphatic heterocycles. The molecule has 0 spiro atoms. The Kier molecular flexibility index (Phi) is 5.78. The van der Waals surface area contributed by atoms with E-state index in [-0.39, 0.29) is 29.5 Å². The van der Waals surface area contributed by atoms with E-state index in [0.717, 1.165) is 21.8 Å². The Morgan fingerprint density at radius 2 is 1.12 bits per heavy atom. The monoisotopic (exact) mass is 264 g/mol. The number of hydrogen-bond acceptors (Lipinski definition) is 3. The van der Waals surface area contributed by atoms with E-state index in [4.69, 9.17) is 0 Å². The van der Waals surface area contributed by atoms with Crippen molar-refractivity contribution in [2.24, 2.45) is 0 Å². The summed E-state index contributed by atoms with van der Waals surface area (Å²) in [6.45, 7) is 0. The van der Waals surface area contributed by atoms with Gasteiger partial charge in [0.25, 0.3) is 0 Å². The minimum absolute atomic E-state index is 0. The molecule has 1 aromatic carbocycles. The summed E-state index contributed by atoms with van der Waals surface area (Å²) in [5.41, 5.74) is 1.95. The molecule has 2 aromatic heterocycles. The maximum Gasteiger partial charge on any atom is 0.0964 e. The summed E-state index contributed by atoms with van der Waals surface area (Å²) in [5.74, 6) is 0. The third-order valence-electron chi connectivity index (χ3n) is 2.34. The normalized spacial score (nSPS) is 8.94. The van der Waals surface area contributed by atoms with Crippen molar-refractivity contribution in [1.82, 2.24) is 9.97 Å². The topological polar surface area (TPSA) is 84.3 Å². The Labute approximate surface area is 110 Å². The first kappa shape index (κ1) is 15.5. The van der Waals surface area contributed by atoms with Gasteiger partial charge in [0.1, 0.15) is 0 Å². The van der Waals surface area contributed by atoms with Crippen LogP contribution >= 0.6 is 0 Å². The van der Waals surface area contributed by atoms with Crippen LogP contribution in [0.5, 0.6) is 0 Å². The molecule has 3 aromatic rings. The fourth-order valence-electron chi connectivity index (χ4n) is 1.68. The van der Waals surface area contributed by atoms with Gasteiger partial charge in [-0.15, -0.1) is 0 Å². The largest absolute Gasteiger partial charge is 2.00 e. The summed E-state index contributed by atoms with van der Waals surface area (Å²) in [6.07, 6.45) is 3.60. The van der Waals surface area contributed by atoms with Gasteiger partial charge in [-0.25, -0.2) is 0 Å². The standard InChI is InChI=1S/C12H8N2.H2O.O.V/c1-3-9-5-6-10-4-2-8-14-12(10)11(9)13-7-1;;;/h1-8H;1H2;;/q;;-2;/p-1. The van der Waals surface area contributed by atoms with Gasteiger partial charge in [-0.1, -0.05) is 24.3 Å². The molecule has 0 saturated carbocycles. The predicted molar refractivity (Wildman–Crippen MR) is 59.7 cm³/mol. The van der Waals surface area contributed by atoms with E-state index in [0.29, 0.717) is 0 Å². The average Bonchev–Trinajstić information content (AvgIpc) is 2.29. The second-order valence-electron chi connectivity index (χ2n) is 3.22. The number of fused-ring (bicyclic) bond motifs is 3. The minimum atomic E-state index is 0. The first-order valence-electron chi connectivity index (χ1n) is 4.53. The summed E-state index contributed by atoms with van der Waals surface area (Å²) in [4.78, 5) is 8.69. The molecule has 0 atom stereocenters. The van der Waals surface area contributed by atoms with Gasteiger partial charge in [0, 0.05) is 41.7 Å². The zero-order valence-corrected chi connectivity index (χ0v) is 10.2. The van der Waals surface area contributed by atoms with Crippen molar-refractivity contribution < 1.29 is 29.5 Å². The van der Waals surface area contributed by atoms with Crippen molar-refractivity contribution in [2.75, 3.05) is 0 Å². The smallest absolute Gasteiger partial charge is 0.0964 e. The third kappa shape index (κ3) is 2.62. The van der Waals surface area contributed by atoms with Gasteiger partial charge in [-0.2, -0.15) is 0 Å². The fraction of sp³-hybridized carbons (Fsp3) is 0. The van der Waals surface area contributed by atoms with Gasteiger partial charge in [0.15, 0.2) is 0 Å². The van der Waals surface area contributed by atoms with Gasteiger partial charge >= 0.3 is 0 Å². The van der Waals surface area contributed by atoms with Gasteiger partial charge in [0.2, 0.25) is 0 Å². The van der Waals surface area contributed by atoms with Gasteiger partial charge in [0.05, 0.1) is 11.0 Å². The summed E-state index contributed by atoms with van der Waals surface area (Å²) < 4.78 is 0. The molecule has 0 aliphatic rings. The van der Waals surface area contributed by atoms with Crippen LogP contribution in [-0.4, -0.2) is 15.4 Å². The molecule has 0 unspecified atom stereocenters. The van der Waals surface area contributed by atoms with E-state index >= 15 is 0 Å². The molecular weight excluding hydrogens is 255 g/mol. The van der Waals surface area contributed by atoms with Gasteiger partial charge in [-0.3, -0.25) is 9.97 Å². The Bertz CT molecular complexity index is 561. The second-order valence-corrected chi connectivity index (χ2v) is 3.22. The van der Waals surface area contributed by atoms with E-state index in [2.05, 4.69) is 34.2 Å². The zero-order valence-electron chi connectivity index (χ0n) is 8.82. The molecule has 1 radical (unpaired) electrons. The van der Waals surface area contributed by atoms with Crippen LogP contribution in [0.15, 0.2) is 48.8 Å². The number of hydrogen-bond donors (Lipinski definition) is 0. The zero-order chi connectivity index (χ0) is 9.38. The van der Waals surface area contributed by atoms with Crippen LogP contribution in [0.2, 0.25) is 0 Å². The minimum Gasteiger partial charge on any atom is -2.00 e. The Morgan fingerprint density at radius 3 is 1.53 bits per heavy atom. The van der Waals surface area contributed by atoms with E-state index in [1.54, 1.807) is 12.4 Å². The van der Waals surface area contributed by atoms with Gasteiger partial charge < -0.3 is 11.0 Å². The summed E-state index contributed by atoms with van der Waals surface area (Å²) in [7, 11) is 0. The molecule has 17 heavy (non-hydrogen) atoms. The quantitative estimate of drug-likeness (QED) is 0.584. The molecule has 2 heterocycles. The fourth-order valence-corrected chi connectivity index (χ4v) is 1.68.